The summed E-state index contributed by atoms with van der Waals surface area (Å²) in [7, 11) is 2.10. The minimum atomic E-state index is -0.303. The van der Waals surface area contributed by atoms with Gasteiger partial charge in [0.15, 0.2) is 0 Å². The lowest BCUT2D eigenvalue weighted by Crippen LogP contribution is -2.31. The molecule has 0 spiro atoms. The van der Waals surface area contributed by atoms with Gasteiger partial charge in [0.25, 0.3) is 0 Å². The molecule has 2 nitrogen and oxygen atoms in total. The van der Waals surface area contributed by atoms with Crippen molar-refractivity contribution < 1.29 is 4.39 Å². The van der Waals surface area contributed by atoms with E-state index in [4.69, 9.17) is 11.6 Å². The Morgan fingerprint density at radius 1 is 1.56 bits per heavy atom. The maximum Gasteiger partial charge on any atom is 0.146 e. The highest BCUT2D eigenvalue weighted by Crippen LogP contribution is 2.18. The second kappa shape index (κ2) is 5.13. The summed E-state index contributed by atoms with van der Waals surface area (Å²) < 4.78 is 13.6. The Morgan fingerprint density at radius 2 is 2.38 bits per heavy atom. The Labute approximate surface area is 100 Å². The number of benzene rings is 1. The van der Waals surface area contributed by atoms with Crippen LogP contribution < -0.4 is 5.32 Å². The normalized spacial score (nSPS) is 21.6. The number of hydrogen-bond donors (Lipinski definition) is 1. The lowest BCUT2D eigenvalue weighted by atomic mass is 10.2. The maximum absolute atomic E-state index is 13.6. The predicted octanol–water partition coefficient (Wildman–Crippen LogP) is 2.27. The van der Waals surface area contributed by atoms with Crippen molar-refractivity contribution in [2.75, 3.05) is 20.1 Å². The molecule has 0 saturated carbocycles. The second-order valence-corrected chi connectivity index (χ2v) is 4.75. The van der Waals surface area contributed by atoms with E-state index in [9.17, 15) is 4.39 Å². The fraction of sp³-hybridized carbons (Fsp3) is 0.500. The molecule has 0 amide bonds. The summed E-state index contributed by atoms with van der Waals surface area (Å²) in [4.78, 5) is 2.27. The molecule has 1 heterocycles. The van der Waals surface area contributed by atoms with Crippen LogP contribution >= 0.6 is 11.6 Å². The third-order valence-corrected chi connectivity index (χ3v) is 3.30. The van der Waals surface area contributed by atoms with Crippen molar-refractivity contribution in [1.82, 2.24) is 10.2 Å². The minimum absolute atomic E-state index is 0.197. The molecular formula is C12H16ClFN2. The first kappa shape index (κ1) is 11.8. The Bertz CT molecular complexity index is 370. The third kappa shape index (κ3) is 2.73. The fourth-order valence-corrected chi connectivity index (χ4v) is 2.24. The molecule has 1 N–H and O–H groups in total. The number of likely N-dealkylation sites (N-methyl/N-ethyl adjacent to an activating group) is 1. The molecule has 4 heteroatoms. The van der Waals surface area contributed by atoms with E-state index in [-0.39, 0.29) is 10.8 Å². The molecule has 0 aromatic heterocycles. The Morgan fingerprint density at radius 3 is 3.06 bits per heavy atom. The van der Waals surface area contributed by atoms with E-state index in [1.54, 1.807) is 18.2 Å². The van der Waals surface area contributed by atoms with Crippen molar-refractivity contribution in [2.24, 2.45) is 0 Å². The van der Waals surface area contributed by atoms with Gasteiger partial charge in [-0.25, -0.2) is 4.39 Å². The molecule has 1 fully saturated rings. The summed E-state index contributed by atoms with van der Waals surface area (Å²) in [6.45, 7) is 2.68. The van der Waals surface area contributed by atoms with E-state index in [0.29, 0.717) is 18.2 Å². The number of halogens is 2. The smallest absolute Gasteiger partial charge is 0.146 e. The SMILES string of the molecule is CN1CCC(NCc2cccc(Cl)c2F)C1. The molecule has 1 atom stereocenters. The van der Waals surface area contributed by atoms with Crippen molar-refractivity contribution in [1.29, 1.82) is 0 Å². The van der Waals surface area contributed by atoms with E-state index in [1.165, 1.54) is 0 Å². The highest BCUT2D eigenvalue weighted by Gasteiger charge is 2.19. The zero-order valence-corrected chi connectivity index (χ0v) is 10.1. The molecule has 1 aromatic rings. The van der Waals surface area contributed by atoms with Crippen LogP contribution in [0.2, 0.25) is 5.02 Å². The van der Waals surface area contributed by atoms with Gasteiger partial charge in [-0.15, -0.1) is 0 Å². The van der Waals surface area contributed by atoms with Gasteiger partial charge in [0.1, 0.15) is 5.82 Å². The maximum atomic E-state index is 13.6. The second-order valence-electron chi connectivity index (χ2n) is 4.34. The van der Waals surface area contributed by atoms with Gasteiger partial charge in [-0.05, 0) is 26.1 Å². The van der Waals surface area contributed by atoms with E-state index >= 15 is 0 Å². The van der Waals surface area contributed by atoms with E-state index in [1.807, 2.05) is 0 Å². The largest absolute Gasteiger partial charge is 0.308 e. The molecule has 88 valence electrons. The number of nitrogens with one attached hydrogen (secondary N) is 1. The van der Waals surface area contributed by atoms with Gasteiger partial charge in [-0.3, -0.25) is 0 Å². The predicted molar refractivity (Wildman–Crippen MR) is 64.2 cm³/mol. The van der Waals surface area contributed by atoms with Crippen LogP contribution in [0, 0.1) is 5.82 Å². The van der Waals surface area contributed by atoms with Crippen molar-refractivity contribution in [3.05, 3.63) is 34.6 Å². The van der Waals surface area contributed by atoms with Crippen LogP contribution in [0.5, 0.6) is 0 Å². The first-order valence-corrected chi connectivity index (χ1v) is 5.89. The van der Waals surface area contributed by atoms with Gasteiger partial charge in [0.05, 0.1) is 5.02 Å². The van der Waals surface area contributed by atoms with Crippen LogP contribution in [0.1, 0.15) is 12.0 Å². The van der Waals surface area contributed by atoms with Crippen LogP contribution in [0.3, 0.4) is 0 Å². The average molecular weight is 243 g/mol. The monoisotopic (exact) mass is 242 g/mol. The summed E-state index contributed by atoms with van der Waals surface area (Å²) in [5.74, 6) is -0.303. The Kier molecular flexibility index (Phi) is 3.79. The van der Waals surface area contributed by atoms with Crippen LogP contribution in [0.15, 0.2) is 18.2 Å². The summed E-state index contributed by atoms with van der Waals surface area (Å²) in [5, 5.41) is 3.55. The quantitative estimate of drug-likeness (QED) is 0.875. The van der Waals surface area contributed by atoms with Crippen LogP contribution in [-0.2, 0) is 6.54 Å². The van der Waals surface area contributed by atoms with Crippen molar-refractivity contribution in [3.8, 4) is 0 Å². The Hall–Kier alpha value is -0.640. The Balaban J connectivity index is 1.92. The van der Waals surface area contributed by atoms with E-state index < -0.39 is 0 Å². The molecule has 1 saturated heterocycles. The van der Waals surface area contributed by atoms with Gasteiger partial charge < -0.3 is 10.2 Å². The van der Waals surface area contributed by atoms with Gasteiger partial charge in [-0.1, -0.05) is 23.7 Å². The molecule has 16 heavy (non-hydrogen) atoms. The van der Waals surface area contributed by atoms with Crippen LogP contribution in [0.4, 0.5) is 4.39 Å². The molecule has 1 unspecified atom stereocenters. The number of rotatable bonds is 3. The zero-order valence-electron chi connectivity index (χ0n) is 9.34. The molecule has 0 bridgehead atoms. The molecule has 1 aliphatic rings. The number of nitrogens with zero attached hydrogens (tertiary/aromatic N) is 1. The highest BCUT2D eigenvalue weighted by atomic mass is 35.5. The van der Waals surface area contributed by atoms with Gasteiger partial charge in [0, 0.05) is 24.7 Å². The van der Waals surface area contributed by atoms with Gasteiger partial charge in [-0.2, -0.15) is 0 Å². The first-order valence-electron chi connectivity index (χ1n) is 5.51. The fourth-order valence-electron chi connectivity index (χ4n) is 2.04. The van der Waals surface area contributed by atoms with Crippen molar-refractivity contribution in [2.45, 2.75) is 19.0 Å². The molecule has 0 radical (unpaired) electrons. The number of hydrogen-bond acceptors (Lipinski definition) is 2. The molecular weight excluding hydrogens is 227 g/mol. The lowest BCUT2D eigenvalue weighted by Gasteiger charge is -2.13. The van der Waals surface area contributed by atoms with Crippen LogP contribution in [-0.4, -0.2) is 31.1 Å². The molecule has 1 aromatic carbocycles. The van der Waals surface area contributed by atoms with Crippen LogP contribution in [0.25, 0.3) is 0 Å². The van der Waals surface area contributed by atoms with E-state index in [2.05, 4.69) is 17.3 Å². The standard InChI is InChI=1S/C12H16ClFN2/c1-16-6-5-10(8-16)15-7-9-3-2-4-11(13)12(9)14/h2-4,10,15H,5-8H2,1H3. The number of likely N-dealkylation sites (tertiary alicyclic amines) is 1. The molecule has 1 aliphatic heterocycles. The minimum Gasteiger partial charge on any atom is -0.308 e. The van der Waals surface area contributed by atoms with Gasteiger partial charge >= 0.3 is 0 Å². The zero-order chi connectivity index (χ0) is 11.5. The third-order valence-electron chi connectivity index (χ3n) is 3.00. The van der Waals surface area contributed by atoms with E-state index in [0.717, 1.165) is 19.5 Å². The van der Waals surface area contributed by atoms with Gasteiger partial charge in [0.2, 0.25) is 0 Å². The summed E-state index contributed by atoms with van der Waals surface area (Å²) >= 11 is 5.72. The summed E-state index contributed by atoms with van der Waals surface area (Å²) in [6, 6.07) is 5.59. The summed E-state index contributed by atoms with van der Waals surface area (Å²) in [6.07, 6.45) is 1.12. The first-order chi connectivity index (χ1) is 7.66. The molecule has 2 rings (SSSR count). The van der Waals surface area contributed by atoms with Crippen molar-refractivity contribution in [3.63, 3.8) is 0 Å². The lowest BCUT2D eigenvalue weighted by molar-refractivity contribution is 0.397. The molecule has 0 aliphatic carbocycles. The van der Waals surface area contributed by atoms with Crippen molar-refractivity contribution >= 4 is 11.6 Å². The summed E-state index contributed by atoms with van der Waals surface area (Å²) in [5.41, 5.74) is 0.641. The highest BCUT2D eigenvalue weighted by molar-refractivity contribution is 6.30. The average Bonchev–Trinajstić information content (AvgIpc) is 2.67. The topological polar surface area (TPSA) is 15.3 Å².